The maximum atomic E-state index is 12.9. The smallest absolute Gasteiger partial charge is 0.325 e. The van der Waals surface area contributed by atoms with Crippen molar-refractivity contribution in [1.29, 1.82) is 0 Å². The number of hydrogen-bond acceptors (Lipinski definition) is 5. The van der Waals surface area contributed by atoms with Crippen LogP contribution in [0.15, 0.2) is 36.7 Å². The van der Waals surface area contributed by atoms with E-state index in [1.54, 1.807) is 23.1 Å². The minimum Gasteiger partial charge on any atom is -0.460 e. The summed E-state index contributed by atoms with van der Waals surface area (Å²) in [5.41, 5.74) is 0.726. The lowest BCUT2D eigenvalue weighted by molar-refractivity contribution is -0.122. The molecule has 0 radical (unpaired) electrons. The number of rotatable bonds is 6. The third-order valence-corrected chi connectivity index (χ3v) is 5.69. The van der Waals surface area contributed by atoms with Gasteiger partial charge < -0.3 is 15.0 Å². The molecule has 1 aromatic carbocycles. The van der Waals surface area contributed by atoms with Gasteiger partial charge in [0.15, 0.2) is 5.82 Å². The van der Waals surface area contributed by atoms with E-state index in [0.29, 0.717) is 18.1 Å². The van der Waals surface area contributed by atoms with Gasteiger partial charge >= 0.3 is 12.0 Å². The van der Waals surface area contributed by atoms with Gasteiger partial charge in [-0.1, -0.05) is 17.7 Å². The molecule has 1 aliphatic carbocycles. The number of carbonyl (C=O) groups is 2. The lowest BCUT2D eigenvalue weighted by Gasteiger charge is -2.29. The molecule has 1 aliphatic heterocycles. The second kappa shape index (κ2) is 9.47. The average molecular weight is 448 g/mol. The number of anilines is 1. The topological polar surface area (TPSA) is 87.7 Å². The highest BCUT2D eigenvalue weighted by molar-refractivity contribution is 6.30. The SMILES string of the molecule is O=C(CN1CCN(c2cccc(Cl)c2)C1=O)NC1CCC(Oc2ncc(F)cn2)CC1. The van der Waals surface area contributed by atoms with E-state index < -0.39 is 5.82 Å². The van der Waals surface area contributed by atoms with E-state index in [1.165, 1.54) is 4.90 Å². The summed E-state index contributed by atoms with van der Waals surface area (Å²) in [5.74, 6) is -0.682. The minimum atomic E-state index is -0.508. The number of benzene rings is 1. The van der Waals surface area contributed by atoms with Crippen LogP contribution in [0, 0.1) is 5.82 Å². The van der Waals surface area contributed by atoms with Gasteiger partial charge in [0.05, 0.1) is 12.4 Å². The van der Waals surface area contributed by atoms with Gasteiger partial charge in [0.2, 0.25) is 5.91 Å². The molecule has 10 heteroatoms. The Kier molecular flexibility index (Phi) is 6.50. The zero-order valence-corrected chi connectivity index (χ0v) is 17.6. The molecule has 2 fully saturated rings. The van der Waals surface area contributed by atoms with Crippen molar-refractivity contribution < 1.29 is 18.7 Å². The van der Waals surface area contributed by atoms with Crippen molar-refractivity contribution >= 4 is 29.2 Å². The second-order valence-corrected chi connectivity index (χ2v) is 8.11. The Morgan fingerprint density at radius 3 is 2.65 bits per heavy atom. The van der Waals surface area contributed by atoms with Crippen LogP contribution in [-0.2, 0) is 4.79 Å². The number of amides is 3. The van der Waals surface area contributed by atoms with Crippen LogP contribution in [0.2, 0.25) is 5.02 Å². The highest BCUT2D eigenvalue weighted by Crippen LogP contribution is 2.24. The Hall–Kier alpha value is -2.94. The summed E-state index contributed by atoms with van der Waals surface area (Å²) in [6, 6.07) is 7.10. The van der Waals surface area contributed by atoms with Gasteiger partial charge in [0, 0.05) is 29.8 Å². The first kappa shape index (κ1) is 21.3. The predicted molar refractivity (Wildman–Crippen MR) is 113 cm³/mol. The Labute approximate surface area is 184 Å². The molecule has 2 heterocycles. The van der Waals surface area contributed by atoms with Gasteiger partial charge in [-0.15, -0.1) is 0 Å². The van der Waals surface area contributed by atoms with Crippen molar-refractivity contribution in [2.75, 3.05) is 24.5 Å². The number of nitrogens with zero attached hydrogens (tertiary/aromatic N) is 4. The van der Waals surface area contributed by atoms with Crippen molar-refractivity contribution in [3.05, 3.63) is 47.5 Å². The zero-order valence-electron chi connectivity index (χ0n) is 16.8. The van der Waals surface area contributed by atoms with E-state index in [-0.39, 0.29) is 36.6 Å². The van der Waals surface area contributed by atoms with Crippen molar-refractivity contribution in [3.63, 3.8) is 0 Å². The van der Waals surface area contributed by atoms with Crippen LogP contribution >= 0.6 is 11.6 Å². The first-order chi connectivity index (χ1) is 15.0. The molecule has 31 heavy (non-hydrogen) atoms. The molecule has 3 amide bonds. The summed E-state index contributed by atoms with van der Waals surface area (Å²) in [4.78, 5) is 35.9. The third kappa shape index (κ3) is 5.41. The van der Waals surface area contributed by atoms with Crippen LogP contribution in [0.25, 0.3) is 0 Å². The van der Waals surface area contributed by atoms with E-state index in [2.05, 4.69) is 15.3 Å². The number of halogens is 2. The lowest BCUT2D eigenvalue weighted by atomic mass is 9.93. The monoisotopic (exact) mass is 447 g/mol. The van der Waals surface area contributed by atoms with Gasteiger partial charge in [-0.25, -0.2) is 19.2 Å². The Morgan fingerprint density at radius 1 is 1.19 bits per heavy atom. The predicted octanol–water partition coefficient (Wildman–Crippen LogP) is 3.02. The fraction of sp³-hybridized carbons (Fsp3) is 0.429. The normalized spacial score (nSPS) is 21.3. The number of aromatic nitrogens is 2. The van der Waals surface area contributed by atoms with E-state index in [0.717, 1.165) is 43.8 Å². The molecule has 2 aromatic rings. The molecule has 4 rings (SSSR count). The third-order valence-electron chi connectivity index (χ3n) is 5.46. The standard InChI is InChI=1S/C21H23ClFN5O3/c22-14-2-1-3-17(10-14)28-9-8-27(21(28)30)13-19(29)26-16-4-6-18(7-5-16)31-20-24-11-15(23)12-25-20/h1-3,10-12,16,18H,4-9,13H2,(H,26,29). The van der Waals surface area contributed by atoms with E-state index >= 15 is 0 Å². The second-order valence-electron chi connectivity index (χ2n) is 7.68. The van der Waals surface area contributed by atoms with Crippen molar-refractivity contribution in [1.82, 2.24) is 20.2 Å². The van der Waals surface area contributed by atoms with Crippen LogP contribution in [-0.4, -0.2) is 58.6 Å². The van der Waals surface area contributed by atoms with Crippen molar-refractivity contribution in [2.45, 2.75) is 37.8 Å². The summed E-state index contributed by atoms with van der Waals surface area (Å²) in [6.07, 6.45) is 5.04. The molecule has 0 unspecified atom stereocenters. The minimum absolute atomic E-state index is 0.0236. The van der Waals surface area contributed by atoms with Crippen LogP contribution in [0.4, 0.5) is 14.9 Å². The summed E-state index contributed by atoms with van der Waals surface area (Å²) in [6.45, 7) is 1.02. The van der Waals surface area contributed by atoms with Gasteiger partial charge in [0.25, 0.3) is 0 Å². The number of ether oxygens (including phenoxy) is 1. The number of nitrogens with one attached hydrogen (secondary N) is 1. The largest absolute Gasteiger partial charge is 0.460 e. The van der Waals surface area contributed by atoms with E-state index in [4.69, 9.17) is 16.3 Å². The van der Waals surface area contributed by atoms with Gasteiger partial charge in [-0.3, -0.25) is 9.69 Å². The Balaban J connectivity index is 1.22. The number of hydrogen-bond donors (Lipinski definition) is 1. The molecule has 0 atom stereocenters. The molecule has 1 saturated carbocycles. The molecular weight excluding hydrogens is 425 g/mol. The Bertz CT molecular complexity index is 937. The van der Waals surface area contributed by atoms with Crippen LogP contribution in [0.3, 0.4) is 0 Å². The molecular formula is C21H23ClFN5O3. The average Bonchev–Trinajstić information content (AvgIpc) is 3.11. The molecule has 2 aliphatic rings. The summed E-state index contributed by atoms with van der Waals surface area (Å²) in [5, 5.41) is 3.58. The molecule has 8 nitrogen and oxygen atoms in total. The number of urea groups is 1. The Morgan fingerprint density at radius 2 is 1.94 bits per heavy atom. The fourth-order valence-electron chi connectivity index (χ4n) is 3.89. The molecule has 0 spiro atoms. The molecule has 1 N–H and O–H groups in total. The van der Waals surface area contributed by atoms with Gasteiger partial charge in [-0.05, 0) is 43.9 Å². The summed E-state index contributed by atoms with van der Waals surface area (Å²) >= 11 is 6.02. The summed E-state index contributed by atoms with van der Waals surface area (Å²) in [7, 11) is 0. The fourth-order valence-corrected chi connectivity index (χ4v) is 4.08. The van der Waals surface area contributed by atoms with Crippen molar-refractivity contribution in [2.24, 2.45) is 0 Å². The van der Waals surface area contributed by atoms with Crippen LogP contribution in [0.1, 0.15) is 25.7 Å². The van der Waals surface area contributed by atoms with Gasteiger partial charge in [-0.2, -0.15) is 0 Å². The molecule has 1 saturated heterocycles. The molecule has 0 bridgehead atoms. The molecule has 164 valence electrons. The quantitative estimate of drug-likeness (QED) is 0.735. The first-order valence-electron chi connectivity index (χ1n) is 10.2. The van der Waals surface area contributed by atoms with Crippen LogP contribution in [0.5, 0.6) is 6.01 Å². The molecule has 1 aromatic heterocycles. The van der Waals surface area contributed by atoms with Gasteiger partial charge in [0.1, 0.15) is 12.6 Å². The van der Waals surface area contributed by atoms with E-state index in [9.17, 15) is 14.0 Å². The number of carbonyl (C=O) groups excluding carboxylic acids is 2. The first-order valence-corrected chi connectivity index (χ1v) is 10.6. The van der Waals surface area contributed by atoms with Crippen molar-refractivity contribution in [3.8, 4) is 6.01 Å². The highest BCUT2D eigenvalue weighted by Gasteiger charge is 2.32. The van der Waals surface area contributed by atoms with E-state index in [1.807, 2.05) is 6.07 Å². The maximum absolute atomic E-state index is 12.9. The lowest BCUT2D eigenvalue weighted by Crippen LogP contribution is -2.45. The maximum Gasteiger partial charge on any atom is 0.325 e. The summed E-state index contributed by atoms with van der Waals surface area (Å²) < 4.78 is 18.6. The highest BCUT2D eigenvalue weighted by atomic mass is 35.5. The van der Waals surface area contributed by atoms with Crippen LogP contribution < -0.4 is 15.0 Å². The zero-order chi connectivity index (χ0) is 21.8.